The molecule has 0 aromatic carbocycles. The van der Waals surface area contributed by atoms with E-state index in [1.165, 1.54) is 32.0 Å². The number of aromatic nitrogens is 5. The van der Waals surface area contributed by atoms with E-state index < -0.39 is 0 Å². The van der Waals surface area contributed by atoms with Crippen molar-refractivity contribution in [3.05, 3.63) is 35.9 Å². The Bertz CT molecular complexity index is 778. The molecule has 130 valence electrons. The van der Waals surface area contributed by atoms with Crippen molar-refractivity contribution in [2.75, 3.05) is 13.1 Å². The van der Waals surface area contributed by atoms with E-state index in [-0.39, 0.29) is 17.2 Å². The SMILES string of the molecule is O=C(c1ccncn1)N1CC(c2nc(C3CC3)n[nH]2)C2(CCCC2)C1. The van der Waals surface area contributed by atoms with E-state index in [4.69, 9.17) is 4.98 Å². The van der Waals surface area contributed by atoms with E-state index in [2.05, 4.69) is 20.2 Å². The van der Waals surface area contributed by atoms with Gasteiger partial charge in [0.1, 0.15) is 17.8 Å². The van der Waals surface area contributed by atoms with E-state index in [9.17, 15) is 4.79 Å². The number of amides is 1. The maximum Gasteiger partial charge on any atom is 0.272 e. The molecule has 0 radical (unpaired) electrons. The van der Waals surface area contributed by atoms with Gasteiger partial charge in [0.25, 0.3) is 5.91 Å². The average Bonchev–Trinajstić information content (AvgIpc) is 3.08. The van der Waals surface area contributed by atoms with E-state index in [0.717, 1.165) is 31.0 Å². The molecule has 5 rings (SSSR count). The minimum atomic E-state index is -0.00175. The van der Waals surface area contributed by atoms with Crippen molar-refractivity contribution in [1.82, 2.24) is 30.0 Å². The smallest absolute Gasteiger partial charge is 0.272 e. The first-order chi connectivity index (χ1) is 12.3. The summed E-state index contributed by atoms with van der Waals surface area (Å²) in [4.78, 5) is 27.7. The van der Waals surface area contributed by atoms with E-state index >= 15 is 0 Å². The van der Waals surface area contributed by atoms with Crippen LogP contribution in [-0.2, 0) is 0 Å². The van der Waals surface area contributed by atoms with Crippen LogP contribution in [0.5, 0.6) is 0 Å². The van der Waals surface area contributed by atoms with Gasteiger partial charge in [0.05, 0.1) is 0 Å². The monoisotopic (exact) mass is 338 g/mol. The number of rotatable bonds is 3. The van der Waals surface area contributed by atoms with Crippen molar-refractivity contribution >= 4 is 5.91 Å². The lowest BCUT2D eigenvalue weighted by atomic mass is 9.76. The fraction of sp³-hybridized carbons (Fsp3) is 0.611. The fourth-order valence-electron chi connectivity index (χ4n) is 4.63. The van der Waals surface area contributed by atoms with Gasteiger partial charge in [-0.2, -0.15) is 5.10 Å². The van der Waals surface area contributed by atoms with Crippen LogP contribution in [-0.4, -0.2) is 49.0 Å². The minimum absolute atomic E-state index is 0.00175. The molecule has 7 nitrogen and oxygen atoms in total. The Morgan fingerprint density at radius 2 is 2.12 bits per heavy atom. The first kappa shape index (κ1) is 15.0. The molecule has 2 aromatic heterocycles. The van der Waals surface area contributed by atoms with E-state index in [0.29, 0.717) is 18.2 Å². The van der Waals surface area contributed by atoms with Gasteiger partial charge in [-0.05, 0) is 37.2 Å². The first-order valence-corrected chi connectivity index (χ1v) is 9.23. The predicted octanol–water partition coefficient (Wildman–Crippen LogP) is 2.27. The average molecular weight is 338 g/mol. The molecule has 3 aliphatic rings. The van der Waals surface area contributed by atoms with Gasteiger partial charge in [0, 0.05) is 31.1 Å². The highest BCUT2D eigenvalue weighted by Crippen LogP contribution is 2.53. The lowest BCUT2D eigenvalue weighted by Crippen LogP contribution is -2.31. The number of aromatic amines is 1. The summed E-state index contributed by atoms with van der Waals surface area (Å²) in [6.45, 7) is 1.49. The highest BCUT2D eigenvalue weighted by molar-refractivity contribution is 5.92. The Morgan fingerprint density at radius 1 is 1.28 bits per heavy atom. The van der Waals surface area contributed by atoms with Gasteiger partial charge in [0.15, 0.2) is 5.82 Å². The summed E-state index contributed by atoms with van der Waals surface area (Å²) in [6.07, 6.45) is 10.2. The van der Waals surface area contributed by atoms with Crippen molar-refractivity contribution < 1.29 is 4.79 Å². The van der Waals surface area contributed by atoms with Gasteiger partial charge < -0.3 is 4.90 Å². The van der Waals surface area contributed by atoms with Crippen molar-refractivity contribution in [2.24, 2.45) is 5.41 Å². The zero-order chi connectivity index (χ0) is 16.9. The molecule has 1 aliphatic heterocycles. The van der Waals surface area contributed by atoms with Crippen molar-refractivity contribution in [3.8, 4) is 0 Å². The van der Waals surface area contributed by atoms with Crippen LogP contribution < -0.4 is 0 Å². The molecule has 2 saturated carbocycles. The molecular weight excluding hydrogens is 316 g/mol. The van der Waals surface area contributed by atoms with Crippen molar-refractivity contribution in [2.45, 2.75) is 50.4 Å². The molecule has 1 amide bonds. The second kappa shape index (κ2) is 5.61. The summed E-state index contributed by atoms with van der Waals surface area (Å²) in [7, 11) is 0. The first-order valence-electron chi connectivity index (χ1n) is 9.23. The molecule has 1 unspecified atom stereocenters. The van der Waals surface area contributed by atoms with Gasteiger partial charge >= 0.3 is 0 Å². The van der Waals surface area contributed by atoms with Gasteiger partial charge in [-0.3, -0.25) is 9.89 Å². The molecule has 1 spiro atoms. The van der Waals surface area contributed by atoms with Gasteiger partial charge in [-0.1, -0.05) is 12.8 Å². The molecule has 1 saturated heterocycles. The molecule has 7 heteroatoms. The highest BCUT2D eigenvalue weighted by Gasteiger charge is 2.51. The van der Waals surface area contributed by atoms with Crippen LogP contribution in [0.4, 0.5) is 0 Å². The second-order valence-corrected chi connectivity index (χ2v) is 7.76. The number of H-pyrrole nitrogens is 1. The number of hydrogen-bond donors (Lipinski definition) is 1. The quantitative estimate of drug-likeness (QED) is 0.927. The summed E-state index contributed by atoms with van der Waals surface area (Å²) in [5.41, 5.74) is 0.614. The maximum absolute atomic E-state index is 12.9. The highest BCUT2D eigenvalue weighted by atomic mass is 16.2. The van der Waals surface area contributed by atoms with Crippen LogP contribution in [0.1, 0.15) is 72.5 Å². The zero-order valence-electron chi connectivity index (χ0n) is 14.2. The molecule has 1 N–H and O–H groups in total. The van der Waals surface area contributed by atoms with Gasteiger partial charge in [-0.25, -0.2) is 15.0 Å². The van der Waals surface area contributed by atoms with Crippen LogP contribution in [0.2, 0.25) is 0 Å². The van der Waals surface area contributed by atoms with Crippen LogP contribution in [0.25, 0.3) is 0 Å². The second-order valence-electron chi connectivity index (χ2n) is 7.76. The van der Waals surface area contributed by atoms with Crippen LogP contribution in [0, 0.1) is 5.41 Å². The standard InChI is InChI=1S/C18H22N6O/c25-17(14-5-8-19-11-20-14)24-9-13(18(10-24)6-1-2-7-18)16-21-15(22-23-16)12-3-4-12/h5,8,11-13H,1-4,6-7,9-10H2,(H,21,22,23). The number of hydrogen-bond acceptors (Lipinski definition) is 5. The molecule has 2 aliphatic carbocycles. The molecule has 3 heterocycles. The Hall–Kier alpha value is -2.31. The zero-order valence-corrected chi connectivity index (χ0v) is 14.2. The lowest BCUT2D eigenvalue weighted by Gasteiger charge is -2.28. The fourth-order valence-corrected chi connectivity index (χ4v) is 4.63. The lowest BCUT2D eigenvalue weighted by molar-refractivity contribution is 0.0767. The van der Waals surface area contributed by atoms with Gasteiger partial charge in [0.2, 0.25) is 0 Å². The molecule has 0 bridgehead atoms. The Morgan fingerprint density at radius 3 is 2.84 bits per heavy atom. The Kier molecular flexibility index (Phi) is 3.36. The van der Waals surface area contributed by atoms with Crippen molar-refractivity contribution in [1.29, 1.82) is 0 Å². The van der Waals surface area contributed by atoms with E-state index in [1.807, 2.05) is 4.90 Å². The Labute approximate surface area is 146 Å². The Balaban J connectivity index is 1.44. The number of likely N-dealkylation sites (tertiary alicyclic amines) is 1. The van der Waals surface area contributed by atoms with Crippen LogP contribution >= 0.6 is 0 Å². The third-order valence-electron chi connectivity index (χ3n) is 6.13. The summed E-state index contributed by atoms with van der Waals surface area (Å²) < 4.78 is 0. The number of nitrogens with one attached hydrogen (secondary N) is 1. The third-order valence-corrected chi connectivity index (χ3v) is 6.13. The molecular formula is C18H22N6O. The normalized spacial score (nSPS) is 25.0. The third kappa shape index (κ3) is 2.53. The number of carbonyl (C=O) groups is 1. The molecule has 1 atom stereocenters. The summed E-state index contributed by atoms with van der Waals surface area (Å²) >= 11 is 0. The molecule has 25 heavy (non-hydrogen) atoms. The number of nitrogens with zero attached hydrogens (tertiary/aromatic N) is 5. The van der Waals surface area contributed by atoms with Crippen LogP contribution in [0.3, 0.4) is 0 Å². The maximum atomic E-state index is 12.9. The van der Waals surface area contributed by atoms with E-state index in [1.54, 1.807) is 12.3 Å². The number of carbonyl (C=O) groups excluding carboxylic acids is 1. The van der Waals surface area contributed by atoms with Crippen molar-refractivity contribution in [3.63, 3.8) is 0 Å². The molecule has 2 aromatic rings. The van der Waals surface area contributed by atoms with Gasteiger partial charge in [-0.15, -0.1) is 0 Å². The summed E-state index contributed by atoms with van der Waals surface area (Å²) in [5.74, 6) is 2.73. The summed E-state index contributed by atoms with van der Waals surface area (Å²) in [6, 6.07) is 1.69. The largest absolute Gasteiger partial charge is 0.336 e. The predicted molar refractivity (Wildman–Crippen MR) is 89.9 cm³/mol. The summed E-state index contributed by atoms with van der Waals surface area (Å²) in [5, 5.41) is 7.64. The topological polar surface area (TPSA) is 87.7 Å². The minimum Gasteiger partial charge on any atom is -0.336 e. The van der Waals surface area contributed by atoms with Crippen LogP contribution in [0.15, 0.2) is 18.6 Å². The molecule has 3 fully saturated rings.